The van der Waals surface area contributed by atoms with Gasteiger partial charge in [-0.3, -0.25) is 9.59 Å². The van der Waals surface area contributed by atoms with Crippen LogP contribution >= 0.6 is 0 Å². The van der Waals surface area contributed by atoms with Gasteiger partial charge in [0.2, 0.25) is 0 Å². The fourth-order valence-electron chi connectivity index (χ4n) is 5.68. The predicted octanol–water partition coefficient (Wildman–Crippen LogP) is 4.78. The lowest BCUT2D eigenvalue weighted by atomic mass is 9.44. The van der Waals surface area contributed by atoms with Crippen molar-refractivity contribution in [1.82, 2.24) is 0 Å². The molecule has 2 saturated carbocycles. The fraction of sp³-hybridized carbons (Fsp3) is 0.636. The van der Waals surface area contributed by atoms with Crippen LogP contribution in [0.2, 0.25) is 0 Å². The van der Waals surface area contributed by atoms with Crippen LogP contribution in [0.1, 0.15) is 58.9 Å². The van der Waals surface area contributed by atoms with Crippen molar-refractivity contribution in [2.75, 3.05) is 0 Å². The normalized spacial score (nSPS) is 39.1. The number of carbonyl (C=O) groups is 2. The molecule has 5 nitrogen and oxygen atoms in total. The van der Waals surface area contributed by atoms with Crippen molar-refractivity contribution in [1.29, 1.82) is 0 Å². The SMILES string of the molecule is CC(=O)O[C@H]1C[C@@H](C)[C@](C)(/C=C\c2ccoc2)[C@H]2CCC[C@@H](C(=O)O)[C@]12C. The van der Waals surface area contributed by atoms with E-state index in [-0.39, 0.29) is 29.3 Å². The monoisotopic (exact) mass is 374 g/mol. The number of furan rings is 1. The van der Waals surface area contributed by atoms with E-state index in [9.17, 15) is 14.7 Å². The van der Waals surface area contributed by atoms with E-state index in [1.807, 2.05) is 13.0 Å². The predicted molar refractivity (Wildman–Crippen MR) is 102 cm³/mol. The third kappa shape index (κ3) is 3.32. The topological polar surface area (TPSA) is 76.7 Å². The van der Waals surface area contributed by atoms with Gasteiger partial charge in [-0.2, -0.15) is 0 Å². The third-order valence-electron chi connectivity index (χ3n) is 7.35. The van der Waals surface area contributed by atoms with Crippen LogP contribution in [-0.2, 0) is 14.3 Å². The van der Waals surface area contributed by atoms with Crippen molar-refractivity contribution in [3.05, 3.63) is 30.2 Å². The third-order valence-corrected chi connectivity index (χ3v) is 7.35. The van der Waals surface area contributed by atoms with Gasteiger partial charge in [0.15, 0.2) is 0 Å². The highest BCUT2D eigenvalue weighted by Gasteiger charge is 2.62. The van der Waals surface area contributed by atoms with Crippen molar-refractivity contribution in [3.63, 3.8) is 0 Å². The molecule has 1 N–H and O–H groups in total. The minimum absolute atomic E-state index is 0.121. The zero-order chi connectivity index (χ0) is 19.8. The molecule has 1 aromatic rings. The van der Waals surface area contributed by atoms with E-state index in [1.54, 1.807) is 12.5 Å². The Hall–Kier alpha value is -2.04. The second-order valence-corrected chi connectivity index (χ2v) is 8.73. The van der Waals surface area contributed by atoms with Crippen molar-refractivity contribution in [2.24, 2.45) is 28.6 Å². The molecule has 0 bridgehead atoms. The Morgan fingerprint density at radius 3 is 2.67 bits per heavy atom. The van der Waals surface area contributed by atoms with E-state index < -0.39 is 17.3 Å². The summed E-state index contributed by atoms with van der Waals surface area (Å²) in [5.74, 6) is -1.24. The van der Waals surface area contributed by atoms with Crippen molar-refractivity contribution >= 4 is 18.0 Å². The van der Waals surface area contributed by atoms with Gasteiger partial charge in [-0.15, -0.1) is 0 Å². The summed E-state index contributed by atoms with van der Waals surface area (Å²) in [6.45, 7) is 7.85. The van der Waals surface area contributed by atoms with Crippen molar-refractivity contribution < 1.29 is 23.8 Å². The molecule has 0 unspecified atom stereocenters. The summed E-state index contributed by atoms with van der Waals surface area (Å²) in [5.41, 5.74) is 0.229. The summed E-state index contributed by atoms with van der Waals surface area (Å²) in [6, 6.07) is 1.91. The number of rotatable bonds is 4. The molecule has 0 amide bonds. The zero-order valence-corrected chi connectivity index (χ0v) is 16.6. The minimum Gasteiger partial charge on any atom is -0.481 e. The maximum absolute atomic E-state index is 12.1. The van der Waals surface area contributed by atoms with E-state index in [0.29, 0.717) is 12.8 Å². The first-order valence-corrected chi connectivity index (χ1v) is 9.81. The van der Waals surface area contributed by atoms with Crippen LogP contribution in [0.25, 0.3) is 6.08 Å². The lowest BCUT2D eigenvalue weighted by Gasteiger charge is -2.61. The molecule has 0 saturated heterocycles. The minimum atomic E-state index is -0.782. The molecule has 2 aliphatic carbocycles. The van der Waals surface area contributed by atoms with Gasteiger partial charge in [0, 0.05) is 17.9 Å². The summed E-state index contributed by atoms with van der Waals surface area (Å²) in [6.07, 6.45) is 10.4. The second-order valence-electron chi connectivity index (χ2n) is 8.73. The van der Waals surface area contributed by atoms with Gasteiger partial charge < -0.3 is 14.3 Å². The Balaban J connectivity index is 2.04. The number of carboxylic acid groups (broad SMARTS) is 1. The van der Waals surface area contributed by atoms with Crippen LogP contribution in [-0.4, -0.2) is 23.1 Å². The Labute approximate surface area is 160 Å². The van der Waals surface area contributed by atoms with E-state index in [2.05, 4.69) is 26.0 Å². The highest BCUT2D eigenvalue weighted by Crippen LogP contribution is 2.63. The Kier molecular flexibility index (Phi) is 5.24. The molecule has 6 atom stereocenters. The molecule has 0 aliphatic heterocycles. The quantitative estimate of drug-likeness (QED) is 0.768. The zero-order valence-electron chi connectivity index (χ0n) is 16.6. The Morgan fingerprint density at radius 1 is 1.33 bits per heavy atom. The van der Waals surface area contributed by atoms with E-state index >= 15 is 0 Å². The fourth-order valence-corrected chi connectivity index (χ4v) is 5.68. The second kappa shape index (κ2) is 7.17. The number of ether oxygens (including phenoxy) is 1. The van der Waals surface area contributed by atoms with Gasteiger partial charge in [0.1, 0.15) is 6.10 Å². The van der Waals surface area contributed by atoms with Gasteiger partial charge >= 0.3 is 11.9 Å². The number of aliphatic carboxylic acids is 1. The number of carboxylic acids is 1. The van der Waals surface area contributed by atoms with Gasteiger partial charge in [0.05, 0.1) is 18.4 Å². The number of allylic oxidation sites excluding steroid dienone is 1. The van der Waals surface area contributed by atoms with Crippen LogP contribution in [0.3, 0.4) is 0 Å². The summed E-state index contributed by atoms with van der Waals surface area (Å²) >= 11 is 0. The summed E-state index contributed by atoms with van der Waals surface area (Å²) in [4.78, 5) is 23.9. The summed E-state index contributed by atoms with van der Waals surface area (Å²) in [7, 11) is 0. The first-order chi connectivity index (χ1) is 12.7. The Morgan fingerprint density at radius 2 is 2.07 bits per heavy atom. The molecule has 1 aromatic heterocycles. The first kappa shape index (κ1) is 19.7. The molecule has 0 aromatic carbocycles. The molecule has 2 fully saturated rings. The average Bonchev–Trinajstić information content (AvgIpc) is 3.11. The van der Waals surface area contributed by atoms with E-state index in [0.717, 1.165) is 18.4 Å². The van der Waals surface area contributed by atoms with Crippen LogP contribution in [0, 0.1) is 28.6 Å². The molecule has 0 radical (unpaired) electrons. The van der Waals surface area contributed by atoms with Crippen LogP contribution in [0.4, 0.5) is 0 Å². The highest BCUT2D eigenvalue weighted by molar-refractivity contribution is 5.72. The van der Waals surface area contributed by atoms with Crippen LogP contribution < -0.4 is 0 Å². The maximum atomic E-state index is 12.1. The number of hydrogen-bond donors (Lipinski definition) is 1. The molecule has 148 valence electrons. The maximum Gasteiger partial charge on any atom is 0.307 e. The number of carbonyl (C=O) groups excluding carboxylic acids is 1. The van der Waals surface area contributed by atoms with Gasteiger partial charge in [-0.1, -0.05) is 39.3 Å². The lowest BCUT2D eigenvalue weighted by molar-refractivity contribution is -0.200. The lowest BCUT2D eigenvalue weighted by Crippen LogP contribution is -2.61. The molecule has 2 aliphatic rings. The van der Waals surface area contributed by atoms with E-state index in [4.69, 9.17) is 9.15 Å². The number of hydrogen-bond acceptors (Lipinski definition) is 4. The van der Waals surface area contributed by atoms with Crippen molar-refractivity contribution in [2.45, 2.75) is 59.5 Å². The first-order valence-electron chi connectivity index (χ1n) is 9.81. The van der Waals surface area contributed by atoms with Gasteiger partial charge in [0.25, 0.3) is 0 Å². The van der Waals surface area contributed by atoms with Crippen LogP contribution in [0.5, 0.6) is 0 Å². The standard InChI is InChI=1S/C22H30O5/c1-14-12-19(27-15(2)23)22(4)17(20(24)25)6-5-7-18(22)21(14,3)10-8-16-9-11-26-13-16/h8-11,13-14,17-19H,5-7,12H2,1-4H3,(H,24,25)/b10-8-/t14-,17+,18-,19+,21+,22+/m1/s1. The number of esters is 1. The summed E-state index contributed by atoms with van der Waals surface area (Å²) < 4.78 is 10.9. The molecule has 0 spiro atoms. The molecule has 5 heteroatoms. The van der Waals surface area contributed by atoms with E-state index in [1.165, 1.54) is 6.92 Å². The Bertz CT molecular complexity index is 721. The smallest absolute Gasteiger partial charge is 0.307 e. The van der Waals surface area contributed by atoms with Gasteiger partial charge in [-0.05, 0) is 42.6 Å². The van der Waals surface area contributed by atoms with Gasteiger partial charge in [-0.25, -0.2) is 0 Å². The molecule has 3 rings (SSSR count). The van der Waals surface area contributed by atoms with Crippen molar-refractivity contribution in [3.8, 4) is 0 Å². The largest absolute Gasteiger partial charge is 0.481 e. The number of fused-ring (bicyclic) bond motifs is 1. The van der Waals surface area contributed by atoms with Crippen LogP contribution in [0.15, 0.2) is 29.1 Å². The summed E-state index contributed by atoms with van der Waals surface area (Å²) in [5, 5.41) is 9.94. The molecular weight excluding hydrogens is 344 g/mol. The highest BCUT2D eigenvalue weighted by atomic mass is 16.5. The molecule has 1 heterocycles. The molecule has 27 heavy (non-hydrogen) atoms. The molecular formula is C22H30O5. The average molecular weight is 374 g/mol.